The summed E-state index contributed by atoms with van der Waals surface area (Å²) in [5.74, 6) is -23.7. The number of para-hydroxylation sites is 1. The molecule has 2 aliphatic heterocycles. The van der Waals surface area contributed by atoms with Crippen molar-refractivity contribution in [2.45, 2.75) is 28.5 Å². The molecule has 2 aromatic carbocycles. The topological polar surface area (TPSA) is 138 Å². The van der Waals surface area contributed by atoms with Crippen LogP contribution in [0.4, 0.5) is 32.4 Å². The van der Waals surface area contributed by atoms with Crippen molar-refractivity contribution < 1.29 is 51.0 Å². The lowest BCUT2D eigenvalue weighted by Gasteiger charge is -2.50. The molecule has 224 valence electrons. The first kappa shape index (κ1) is 29.1. The van der Waals surface area contributed by atoms with Crippen molar-refractivity contribution in [3.8, 4) is 5.75 Å². The van der Waals surface area contributed by atoms with E-state index in [-0.39, 0.29) is 27.4 Å². The van der Waals surface area contributed by atoms with Crippen molar-refractivity contribution in [3.63, 3.8) is 0 Å². The molecule has 0 bridgehead atoms. The Morgan fingerprint density at radius 1 is 0.884 bits per heavy atom. The van der Waals surface area contributed by atoms with E-state index < -0.39 is 110 Å². The smallest absolute Gasteiger partial charge is 0.328 e. The van der Waals surface area contributed by atoms with E-state index in [1.54, 1.807) is 0 Å². The predicted octanol–water partition coefficient (Wildman–Crippen LogP) is 3.73. The van der Waals surface area contributed by atoms with E-state index in [1.165, 1.54) is 30.3 Å². The predicted molar refractivity (Wildman–Crippen MR) is 136 cm³/mol. The number of phenolic OH excluding ortho intramolecular Hbond substituents is 1. The van der Waals surface area contributed by atoms with Crippen LogP contribution in [0.1, 0.15) is 24.3 Å². The summed E-state index contributed by atoms with van der Waals surface area (Å²) in [6, 6.07) is 3.90. The number of amides is 6. The van der Waals surface area contributed by atoms with Gasteiger partial charge in [0.1, 0.15) is 11.4 Å². The third kappa shape index (κ3) is 3.41. The van der Waals surface area contributed by atoms with Crippen LogP contribution in [0.5, 0.6) is 5.75 Å². The second kappa shape index (κ2) is 9.23. The van der Waals surface area contributed by atoms with Crippen molar-refractivity contribution in [3.05, 3.63) is 70.6 Å². The van der Waals surface area contributed by atoms with Gasteiger partial charge in [-0.1, -0.05) is 29.8 Å². The van der Waals surface area contributed by atoms with Crippen molar-refractivity contribution in [1.82, 2.24) is 4.90 Å². The Balaban J connectivity index is 1.61. The molecule has 3 fully saturated rings. The van der Waals surface area contributed by atoms with Gasteiger partial charge >= 0.3 is 6.03 Å². The Morgan fingerprint density at radius 2 is 1.47 bits per heavy atom. The number of halogens is 7. The van der Waals surface area contributed by atoms with Crippen LogP contribution < -0.4 is 10.6 Å². The molecule has 2 heterocycles. The highest BCUT2D eigenvalue weighted by atomic mass is 35.5. The van der Waals surface area contributed by atoms with Crippen LogP contribution in [0.15, 0.2) is 35.9 Å². The van der Waals surface area contributed by atoms with Gasteiger partial charge in [-0.15, -0.1) is 23.2 Å². The average Bonchev–Trinajstić information content (AvgIpc) is 3.30. The number of hydrogen-bond donors (Lipinski definition) is 2. The second-order valence-corrected chi connectivity index (χ2v) is 11.8. The van der Waals surface area contributed by atoms with Crippen molar-refractivity contribution in [1.29, 1.82) is 0 Å². The third-order valence-electron chi connectivity index (χ3n) is 8.69. The molecular weight excluding hydrogens is 628 g/mol. The maximum absolute atomic E-state index is 15.0. The van der Waals surface area contributed by atoms with Gasteiger partial charge in [-0.3, -0.25) is 19.2 Å². The first-order valence-electron chi connectivity index (χ1n) is 12.5. The lowest BCUT2D eigenvalue weighted by Crippen LogP contribution is -2.60. The summed E-state index contributed by atoms with van der Waals surface area (Å²) in [7, 11) is 0. The minimum Gasteiger partial charge on any atom is -0.508 e. The number of likely N-dealkylation sites (tertiary alicyclic amines) is 1. The molecule has 0 aromatic heterocycles. The van der Waals surface area contributed by atoms with E-state index in [1.807, 2.05) is 0 Å². The molecule has 0 spiro atoms. The number of hydrogen-bond acceptors (Lipinski definition) is 6. The summed E-state index contributed by atoms with van der Waals surface area (Å²) in [5, 5.41) is 10.8. The number of benzene rings is 2. The number of rotatable bonds is 2. The summed E-state index contributed by atoms with van der Waals surface area (Å²) >= 11 is 13.8. The van der Waals surface area contributed by atoms with Gasteiger partial charge in [-0.25, -0.2) is 31.6 Å². The van der Waals surface area contributed by atoms with Crippen LogP contribution in [0.25, 0.3) is 0 Å². The molecule has 2 saturated heterocycles. The highest BCUT2D eigenvalue weighted by molar-refractivity contribution is 6.58. The highest BCUT2D eigenvalue weighted by Gasteiger charge is 2.77. The number of nitrogens with two attached hydrogens (primary N) is 1. The summed E-state index contributed by atoms with van der Waals surface area (Å²) in [6.07, 6.45) is 0.482. The first-order chi connectivity index (χ1) is 20.1. The van der Waals surface area contributed by atoms with E-state index in [9.17, 15) is 51.0 Å². The summed E-state index contributed by atoms with van der Waals surface area (Å²) in [6.45, 7) is 0. The summed E-state index contributed by atoms with van der Waals surface area (Å²) < 4.78 is 72.2. The standard InChI is InChI=1S/C27H16Cl2F5N3O6/c28-26-7-11-8(5-6-10-13(11)22(40)37(21(10)39)25(35)43)14(9-3-1-2-4-12(9)38)27(26,29)24(42)36(23(26)41)20-18(33)16(31)15(30)17(32)19(20)34/h1-5,10-11,13-14,38H,6-7H2,(H2,35,43). The molecular formula is C27H16Cl2F5N3O6. The minimum atomic E-state index is -2.77. The molecule has 0 radical (unpaired) electrons. The largest absolute Gasteiger partial charge is 0.508 e. The molecule has 6 atom stereocenters. The number of aromatic hydroxyl groups is 1. The normalized spacial score (nSPS) is 31.7. The number of carbonyl (C=O) groups excluding carboxylic acids is 5. The van der Waals surface area contributed by atoms with Gasteiger partial charge in [0.2, 0.25) is 17.6 Å². The van der Waals surface area contributed by atoms with Crippen LogP contribution in [0, 0.1) is 46.8 Å². The molecule has 16 heteroatoms. The molecule has 9 nitrogen and oxygen atoms in total. The van der Waals surface area contributed by atoms with Crippen LogP contribution in [0.2, 0.25) is 0 Å². The zero-order valence-electron chi connectivity index (χ0n) is 21.2. The molecule has 2 aromatic rings. The van der Waals surface area contributed by atoms with Crippen LogP contribution in [-0.2, 0) is 19.2 Å². The molecule has 6 amide bonds. The molecule has 2 aliphatic carbocycles. The second-order valence-electron chi connectivity index (χ2n) is 10.6. The Kier molecular flexibility index (Phi) is 6.23. The Morgan fingerprint density at radius 3 is 2.05 bits per heavy atom. The number of fused-ring (bicyclic) bond motifs is 4. The number of carbonyl (C=O) groups is 5. The SMILES string of the molecule is NC(=O)N1C(=O)C2CC=C3C(CC4(Cl)C(=O)N(c5c(F)c(F)c(F)c(F)c5F)C(=O)C4(Cl)C3c3ccccc3O)C2C1=O. The van der Waals surface area contributed by atoms with Crippen LogP contribution in [0.3, 0.4) is 0 Å². The van der Waals surface area contributed by atoms with Gasteiger partial charge in [0.25, 0.3) is 11.8 Å². The Bertz CT molecular complexity index is 1730. The monoisotopic (exact) mass is 643 g/mol. The maximum Gasteiger partial charge on any atom is 0.328 e. The molecule has 6 unspecified atom stereocenters. The highest BCUT2D eigenvalue weighted by Crippen LogP contribution is 2.66. The maximum atomic E-state index is 15.0. The van der Waals surface area contributed by atoms with Crippen molar-refractivity contribution in [2.75, 3.05) is 4.90 Å². The number of nitrogens with zero attached hydrogens (tertiary/aromatic N) is 2. The first-order valence-corrected chi connectivity index (χ1v) is 13.3. The van der Waals surface area contributed by atoms with Crippen LogP contribution in [-0.4, -0.2) is 49.4 Å². The lowest BCUT2D eigenvalue weighted by atomic mass is 9.56. The van der Waals surface area contributed by atoms with Gasteiger partial charge in [0.05, 0.1) is 11.8 Å². The molecule has 1 saturated carbocycles. The van der Waals surface area contributed by atoms with Gasteiger partial charge in [-0.2, -0.15) is 4.90 Å². The molecule has 6 rings (SSSR count). The number of anilines is 1. The Labute approximate surface area is 247 Å². The summed E-state index contributed by atoms with van der Waals surface area (Å²) in [4.78, 5) is 60.6. The molecule has 43 heavy (non-hydrogen) atoms. The fourth-order valence-corrected chi connectivity index (χ4v) is 7.79. The number of primary amides is 1. The fraction of sp³-hybridized carbons (Fsp3) is 0.296. The van der Waals surface area contributed by atoms with E-state index in [0.29, 0.717) is 0 Å². The molecule has 3 N–H and O–H groups in total. The number of imide groups is 4. The average molecular weight is 644 g/mol. The van der Waals surface area contributed by atoms with Gasteiger partial charge in [0, 0.05) is 11.5 Å². The number of alkyl halides is 2. The Hall–Kier alpha value is -4.04. The lowest BCUT2D eigenvalue weighted by molar-refractivity contribution is -0.136. The fourth-order valence-electron chi connectivity index (χ4n) is 6.86. The van der Waals surface area contributed by atoms with Crippen LogP contribution >= 0.6 is 23.2 Å². The number of phenols is 1. The van der Waals surface area contributed by atoms with Gasteiger partial charge in [0.15, 0.2) is 33.0 Å². The quantitative estimate of drug-likeness (QED) is 0.128. The zero-order chi connectivity index (χ0) is 31.5. The van der Waals surface area contributed by atoms with E-state index >= 15 is 0 Å². The summed E-state index contributed by atoms with van der Waals surface area (Å²) in [5.41, 5.74) is 3.30. The molecule has 4 aliphatic rings. The van der Waals surface area contributed by atoms with E-state index in [0.717, 1.165) is 0 Å². The van der Waals surface area contributed by atoms with E-state index in [2.05, 4.69) is 0 Å². The van der Waals surface area contributed by atoms with Crippen molar-refractivity contribution in [2.24, 2.45) is 23.5 Å². The van der Waals surface area contributed by atoms with Crippen molar-refractivity contribution >= 4 is 58.5 Å². The van der Waals surface area contributed by atoms with Gasteiger partial charge in [-0.05, 0) is 24.8 Å². The zero-order valence-corrected chi connectivity index (χ0v) is 22.7. The number of urea groups is 1. The van der Waals surface area contributed by atoms with Gasteiger partial charge < -0.3 is 10.8 Å². The minimum absolute atomic E-state index is 0.113. The van der Waals surface area contributed by atoms with E-state index in [4.69, 9.17) is 28.9 Å². The third-order valence-corrected chi connectivity index (χ3v) is 10.1. The number of allylic oxidation sites excluding steroid dienone is 2.